The molecule has 0 fully saturated rings. The van der Waals surface area contributed by atoms with Crippen molar-refractivity contribution in [1.29, 1.82) is 0 Å². The average Bonchev–Trinajstić information content (AvgIpc) is 2.97. The summed E-state index contributed by atoms with van der Waals surface area (Å²) in [6, 6.07) is 11.4. The van der Waals surface area contributed by atoms with Gasteiger partial charge in [0.05, 0.1) is 5.57 Å². The van der Waals surface area contributed by atoms with Gasteiger partial charge in [-0.05, 0) is 62.4 Å². The first-order chi connectivity index (χ1) is 15.3. The van der Waals surface area contributed by atoms with Crippen LogP contribution in [0.25, 0.3) is 5.57 Å². The van der Waals surface area contributed by atoms with Crippen molar-refractivity contribution < 1.29 is 14.3 Å². The molecule has 1 N–H and O–H groups in total. The summed E-state index contributed by atoms with van der Waals surface area (Å²) in [7, 11) is 0. The number of rotatable bonds is 10. The molecule has 32 heavy (non-hydrogen) atoms. The molecule has 1 aliphatic heterocycles. The number of nitrogens with zero attached hydrogens (tertiary/aromatic N) is 1. The molecule has 0 radical (unpaired) electrons. The zero-order chi connectivity index (χ0) is 23.3. The maximum absolute atomic E-state index is 13.4. The maximum Gasteiger partial charge on any atom is 0.278 e. The van der Waals surface area contributed by atoms with E-state index >= 15 is 0 Å². The summed E-state index contributed by atoms with van der Waals surface area (Å²) in [5, 5.41) is 3.78. The van der Waals surface area contributed by atoms with Crippen LogP contribution in [0.2, 0.25) is 5.02 Å². The van der Waals surface area contributed by atoms with Gasteiger partial charge in [0.1, 0.15) is 5.70 Å². The summed E-state index contributed by atoms with van der Waals surface area (Å²) in [4.78, 5) is 28.0. The van der Waals surface area contributed by atoms with Gasteiger partial charge in [-0.15, -0.1) is 0 Å². The standard InChI is InChI=1S/C26H31ClN2O3/c1-5-6-13-32-14-7-12-29-25(30)23(21-11-8-17(2)15-19(21)4)24(26(29)31)28-20-10-9-18(3)22(27)16-20/h8-11,15-16,28H,5-7,12-14H2,1-4H3. The van der Waals surface area contributed by atoms with E-state index in [1.54, 1.807) is 6.07 Å². The molecule has 5 nitrogen and oxygen atoms in total. The summed E-state index contributed by atoms with van der Waals surface area (Å²) < 4.78 is 5.60. The van der Waals surface area contributed by atoms with E-state index < -0.39 is 0 Å². The molecule has 6 heteroatoms. The second-order valence-electron chi connectivity index (χ2n) is 8.24. The fourth-order valence-corrected chi connectivity index (χ4v) is 3.91. The highest BCUT2D eigenvalue weighted by Gasteiger charge is 2.39. The molecule has 2 aromatic rings. The average molecular weight is 455 g/mol. The highest BCUT2D eigenvalue weighted by atomic mass is 35.5. The summed E-state index contributed by atoms with van der Waals surface area (Å²) in [6.07, 6.45) is 2.68. The molecule has 0 bridgehead atoms. The Morgan fingerprint density at radius 2 is 1.69 bits per heavy atom. The minimum absolute atomic E-state index is 0.281. The number of carbonyl (C=O) groups is 2. The van der Waals surface area contributed by atoms with Crippen molar-refractivity contribution in [2.24, 2.45) is 0 Å². The van der Waals surface area contributed by atoms with Crippen molar-refractivity contribution in [3.05, 3.63) is 69.4 Å². The lowest BCUT2D eigenvalue weighted by atomic mass is 9.97. The second-order valence-corrected chi connectivity index (χ2v) is 8.65. The maximum atomic E-state index is 13.4. The zero-order valence-corrected chi connectivity index (χ0v) is 20.0. The van der Waals surface area contributed by atoms with Crippen LogP contribution in [-0.2, 0) is 14.3 Å². The van der Waals surface area contributed by atoms with E-state index in [1.807, 2.05) is 51.1 Å². The molecule has 0 saturated heterocycles. The van der Waals surface area contributed by atoms with Crippen LogP contribution in [0.3, 0.4) is 0 Å². The van der Waals surface area contributed by atoms with Crippen molar-refractivity contribution in [3.8, 4) is 0 Å². The Morgan fingerprint density at radius 1 is 0.938 bits per heavy atom. The topological polar surface area (TPSA) is 58.6 Å². The molecule has 2 aromatic carbocycles. The molecule has 0 unspecified atom stereocenters. The predicted octanol–water partition coefficient (Wildman–Crippen LogP) is 5.66. The summed E-state index contributed by atoms with van der Waals surface area (Å²) in [6.45, 7) is 9.53. The Balaban J connectivity index is 1.89. The Bertz CT molecular complexity index is 1050. The molecular weight excluding hydrogens is 424 g/mol. The zero-order valence-electron chi connectivity index (χ0n) is 19.3. The molecule has 2 amide bonds. The van der Waals surface area contributed by atoms with Gasteiger partial charge >= 0.3 is 0 Å². The molecule has 1 heterocycles. The number of nitrogens with one attached hydrogen (secondary N) is 1. The number of halogens is 1. The van der Waals surface area contributed by atoms with Gasteiger partial charge in [-0.2, -0.15) is 0 Å². The van der Waals surface area contributed by atoms with E-state index in [2.05, 4.69) is 12.2 Å². The number of aryl methyl sites for hydroxylation is 3. The van der Waals surface area contributed by atoms with E-state index in [9.17, 15) is 9.59 Å². The quantitative estimate of drug-likeness (QED) is 0.371. The molecule has 0 aromatic heterocycles. The van der Waals surface area contributed by atoms with Crippen molar-refractivity contribution in [3.63, 3.8) is 0 Å². The van der Waals surface area contributed by atoms with Crippen LogP contribution >= 0.6 is 11.6 Å². The minimum Gasteiger partial charge on any atom is -0.381 e. The van der Waals surface area contributed by atoms with E-state index in [4.69, 9.17) is 16.3 Å². The van der Waals surface area contributed by atoms with Crippen molar-refractivity contribution in [2.45, 2.75) is 47.0 Å². The van der Waals surface area contributed by atoms with Crippen molar-refractivity contribution >= 4 is 34.7 Å². The lowest BCUT2D eigenvalue weighted by Crippen LogP contribution is -2.34. The summed E-state index contributed by atoms with van der Waals surface area (Å²) >= 11 is 6.28. The molecular formula is C26H31ClN2O3. The van der Waals surface area contributed by atoms with Gasteiger partial charge in [0.25, 0.3) is 11.8 Å². The van der Waals surface area contributed by atoms with Crippen LogP contribution in [0.15, 0.2) is 42.1 Å². The monoisotopic (exact) mass is 454 g/mol. The largest absolute Gasteiger partial charge is 0.381 e. The van der Waals surface area contributed by atoms with E-state index in [1.165, 1.54) is 4.90 Å². The number of hydrogen-bond donors (Lipinski definition) is 1. The summed E-state index contributed by atoms with van der Waals surface area (Å²) in [5.74, 6) is -0.605. The third-order valence-electron chi connectivity index (χ3n) is 5.57. The number of hydrogen-bond acceptors (Lipinski definition) is 4. The lowest BCUT2D eigenvalue weighted by molar-refractivity contribution is -0.137. The fourth-order valence-electron chi connectivity index (χ4n) is 3.73. The highest BCUT2D eigenvalue weighted by Crippen LogP contribution is 2.33. The first-order valence-electron chi connectivity index (χ1n) is 11.1. The smallest absolute Gasteiger partial charge is 0.278 e. The van der Waals surface area contributed by atoms with Crippen molar-refractivity contribution in [2.75, 3.05) is 25.1 Å². The minimum atomic E-state index is -0.324. The van der Waals surface area contributed by atoms with Crippen LogP contribution in [0.4, 0.5) is 5.69 Å². The first kappa shape index (κ1) is 24.0. The van der Waals surface area contributed by atoms with Crippen LogP contribution < -0.4 is 5.32 Å². The van der Waals surface area contributed by atoms with Gasteiger partial charge in [0.15, 0.2) is 0 Å². The highest BCUT2D eigenvalue weighted by molar-refractivity contribution is 6.37. The predicted molar refractivity (Wildman–Crippen MR) is 130 cm³/mol. The Morgan fingerprint density at radius 3 is 2.38 bits per heavy atom. The number of amides is 2. The van der Waals surface area contributed by atoms with Gasteiger partial charge < -0.3 is 10.1 Å². The van der Waals surface area contributed by atoms with Crippen LogP contribution in [0.1, 0.15) is 48.4 Å². The van der Waals surface area contributed by atoms with Crippen LogP contribution in [0, 0.1) is 20.8 Å². The van der Waals surface area contributed by atoms with E-state index in [0.717, 1.165) is 35.1 Å². The third kappa shape index (κ3) is 5.40. The molecule has 0 atom stereocenters. The second kappa shape index (κ2) is 10.8. The van der Waals surface area contributed by atoms with Gasteiger partial charge in [0.2, 0.25) is 0 Å². The number of carbonyl (C=O) groups excluding carboxylic acids is 2. The van der Waals surface area contributed by atoms with Gasteiger partial charge in [-0.25, -0.2) is 0 Å². The fraction of sp³-hybridized carbons (Fsp3) is 0.385. The molecule has 1 aliphatic rings. The van der Waals surface area contributed by atoms with Gasteiger partial charge in [-0.3, -0.25) is 14.5 Å². The molecule has 170 valence electrons. The van der Waals surface area contributed by atoms with Crippen LogP contribution in [0.5, 0.6) is 0 Å². The van der Waals surface area contributed by atoms with Crippen molar-refractivity contribution in [1.82, 2.24) is 4.90 Å². The van der Waals surface area contributed by atoms with Gasteiger partial charge in [-0.1, -0.05) is 54.8 Å². The van der Waals surface area contributed by atoms with E-state index in [0.29, 0.717) is 42.5 Å². The number of ether oxygens (including phenoxy) is 1. The molecule has 0 spiro atoms. The lowest BCUT2D eigenvalue weighted by Gasteiger charge is -2.15. The third-order valence-corrected chi connectivity index (χ3v) is 5.98. The number of anilines is 1. The normalized spacial score (nSPS) is 14.0. The Kier molecular flexibility index (Phi) is 8.10. The molecule has 3 rings (SSSR count). The molecule has 0 aliphatic carbocycles. The number of unbranched alkanes of at least 4 members (excludes halogenated alkanes) is 1. The summed E-state index contributed by atoms with van der Waals surface area (Å²) in [5.41, 5.74) is 5.11. The Hall–Kier alpha value is -2.63. The Labute approximate surface area is 195 Å². The van der Waals surface area contributed by atoms with Gasteiger partial charge in [0, 0.05) is 30.5 Å². The number of imide groups is 1. The SMILES string of the molecule is CCCCOCCCN1C(=O)C(Nc2ccc(C)c(Cl)c2)=C(c2ccc(C)cc2C)C1=O. The first-order valence-corrected chi connectivity index (χ1v) is 11.5. The number of benzene rings is 2. The van der Waals surface area contributed by atoms with E-state index in [-0.39, 0.29) is 17.5 Å². The molecule has 0 saturated carbocycles. The van der Waals surface area contributed by atoms with Crippen LogP contribution in [-0.4, -0.2) is 36.5 Å².